The molecule has 1 aromatic heterocycles. The van der Waals surface area contributed by atoms with Crippen LogP contribution >= 0.6 is 11.6 Å². The lowest BCUT2D eigenvalue weighted by atomic mass is 10.1. The molecule has 6 heteroatoms. The number of methoxy groups -OCH3 is 1. The number of hydrogen-bond acceptors (Lipinski definition) is 3. The van der Waals surface area contributed by atoms with E-state index in [-0.39, 0.29) is 5.56 Å². The molecule has 2 aromatic carbocycles. The van der Waals surface area contributed by atoms with E-state index in [1.54, 1.807) is 61.7 Å². The third-order valence-corrected chi connectivity index (χ3v) is 3.89. The highest BCUT2D eigenvalue weighted by atomic mass is 35.5. The Kier molecular flexibility index (Phi) is 4.86. The molecule has 0 aliphatic carbocycles. The lowest BCUT2D eigenvalue weighted by Crippen LogP contribution is -2.23. The molecule has 0 aliphatic rings. The Morgan fingerprint density at radius 3 is 2.52 bits per heavy atom. The van der Waals surface area contributed by atoms with Gasteiger partial charge in [-0.05, 0) is 42.0 Å². The molecule has 1 amide bonds. The predicted molar refractivity (Wildman–Crippen MR) is 98.5 cm³/mol. The van der Waals surface area contributed by atoms with Crippen molar-refractivity contribution in [2.45, 2.75) is 0 Å². The number of carbonyl (C=O) groups excluding carboxylic acids is 1. The number of benzene rings is 2. The van der Waals surface area contributed by atoms with Gasteiger partial charge in [-0.2, -0.15) is 0 Å². The van der Waals surface area contributed by atoms with Gasteiger partial charge in [0.15, 0.2) is 0 Å². The van der Waals surface area contributed by atoms with Crippen molar-refractivity contribution in [3.63, 3.8) is 0 Å². The zero-order chi connectivity index (χ0) is 17.8. The Hall–Kier alpha value is -3.05. The van der Waals surface area contributed by atoms with Gasteiger partial charge >= 0.3 is 0 Å². The van der Waals surface area contributed by atoms with Crippen LogP contribution in [0.2, 0.25) is 5.02 Å². The van der Waals surface area contributed by atoms with Crippen LogP contribution in [0.4, 0.5) is 5.69 Å². The number of carbonyl (C=O) groups is 1. The number of aromatic nitrogens is 1. The Morgan fingerprint density at radius 2 is 1.84 bits per heavy atom. The Bertz CT molecular complexity index is 965. The molecule has 2 N–H and O–H groups in total. The van der Waals surface area contributed by atoms with Gasteiger partial charge < -0.3 is 15.0 Å². The van der Waals surface area contributed by atoms with Crippen molar-refractivity contribution < 1.29 is 9.53 Å². The second-order valence-electron chi connectivity index (χ2n) is 5.31. The molecule has 0 fully saturated rings. The van der Waals surface area contributed by atoms with Crippen molar-refractivity contribution >= 4 is 23.2 Å². The van der Waals surface area contributed by atoms with Crippen LogP contribution in [-0.2, 0) is 0 Å². The zero-order valence-electron chi connectivity index (χ0n) is 13.4. The highest BCUT2D eigenvalue weighted by Crippen LogP contribution is 2.20. The number of rotatable bonds is 4. The summed E-state index contributed by atoms with van der Waals surface area (Å²) in [7, 11) is 1.54. The minimum absolute atomic E-state index is 0.0283. The fourth-order valence-corrected chi connectivity index (χ4v) is 2.48. The molecule has 3 aromatic rings. The maximum Gasteiger partial charge on any atom is 0.261 e. The van der Waals surface area contributed by atoms with E-state index in [0.29, 0.717) is 22.2 Å². The van der Waals surface area contributed by atoms with E-state index in [1.807, 2.05) is 0 Å². The maximum atomic E-state index is 12.3. The molecule has 0 saturated carbocycles. The zero-order valence-corrected chi connectivity index (χ0v) is 14.1. The van der Waals surface area contributed by atoms with E-state index in [2.05, 4.69) is 10.3 Å². The molecule has 25 heavy (non-hydrogen) atoms. The van der Waals surface area contributed by atoms with E-state index in [9.17, 15) is 9.59 Å². The van der Waals surface area contributed by atoms with Crippen LogP contribution in [0.15, 0.2) is 65.5 Å². The number of anilines is 1. The smallest absolute Gasteiger partial charge is 0.261 e. The number of hydrogen-bond donors (Lipinski definition) is 2. The van der Waals surface area contributed by atoms with Gasteiger partial charge in [0.05, 0.1) is 7.11 Å². The average molecular weight is 355 g/mol. The Morgan fingerprint density at radius 1 is 1.08 bits per heavy atom. The number of aromatic amines is 1. The van der Waals surface area contributed by atoms with Crippen LogP contribution < -0.4 is 15.6 Å². The van der Waals surface area contributed by atoms with E-state index in [0.717, 1.165) is 5.56 Å². The van der Waals surface area contributed by atoms with E-state index >= 15 is 0 Å². The second-order valence-corrected chi connectivity index (χ2v) is 5.74. The van der Waals surface area contributed by atoms with Crippen LogP contribution in [0.25, 0.3) is 11.3 Å². The van der Waals surface area contributed by atoms with E-state index in [4.69, 9.17) is 16.3 Å². The largest absolute Gasteiger partial charge is 0.497 e. The molecule has 0 bridgehead atoms. The normalized spacial score (nSPS) is 10.3. The molecule has 126 valence electrons. The SMILES string of the molecule is COc1cccc(NC(=O)c2ccc(-c3ccc(Cl)cc3)[nH]c2=O)c1. The van der Waals surface area contributed by atoms with Crippen molar-refractivity contribution in [3.8, 4) is 17.0 Å². The quantitative estimate of drug-likeness (QED) is 0.745. The summed E-state index contributed by atoms with van der Waals surface area (Å²) in [5.41, 5.74) is 1.53. The van der Waals surface area contributed by atoms with Crippen LogP contribution in [-0.4, -0.2) is 18.0 Å². The highest BCUT2D eigenvalue weighted by molar-refractivity contribution is 6.30. The fraction of sp³-hybridized carbons (Fsp3) is 0.0526. The molecule has 3 rings (SSSR count). The number of pyridine rings is 1. The molecule has 0 atom stereocenters. The fourth-order valence-electron chi connectivity index (χ4n) is 2.35. The van der Waals surface area contributed by atoms with Crippen molar-refractivity contribution in [2.75, 3.05) is 12.4 Å². The van der Waals surface area contributed by atoms with Crippen LogP contribution in [0, 0.1) is 0 Å². The molecular formula is C19H15ClN2O3. The van der Waals surface area contributed by atoms with Gasteiger partial charge in [-0.1, -0.05) is 29.8 Å². The van der Waals surface area contributed by atoms with E-state index < -0.39 is 11.5 Å². The Labute approximate surface area is 149 Å². The summed E-state index contributed by atoms with van der Waals surface area (Å²) >= 11 is 5.86. The molecule has 0 aliphatic heterocycles. The summed E-state index contributed by atoms with van der Waals surface area (Å²) in [6.45, 7) is 0. The maximum absolute atomic E-state index is 12.3. The van der Waals surface area contributed by atoms with Crippen molar-refractivity contribution in [1.82, 2.24) is 4.98 Å². The van der Waals surface area contributed by atoms with Gasteiger partial charge in [0.1, 0.15) is 11.3 Å². The summed E-state index contributed by atoms with van der Waals surface area (Å²) in [4.78, 5) is 27.3. The van der Waals surface area contributed by atoms with Gasteiger partial charge in [0.25, 0.3) is 11.5 Å². The second kappa shape index (κ2) is 7.23. The third kappa shape index (κ3) is 3.89. The van der Waals surface area contributed by atoms with Gasteiger partial charge in [-0.15, -0.1) is 0 Å². The molecule has 1 heterocycles. The molecule has 0 radical (unpaired) electrons. The van der Waals surface area contributed by atoms with E-state index in [1.165, 1.54) is 6.07 Å². The lowest BCUT2D eigenvalue weighted by Gasteiger charge is -2.07. The lowest BCUT2D eigenvalue weighted by molar-refractivity contribution is 0.102. The van der Waals surface area contributed by atoms with Gasteiger partial charge in [-0.25, -0.2) is 0 Å². The Balaban J connectivity index is 1.83. The minimum atomic E-state index is -0.489. The van der Waals surface area contributed by atoms with Gasteiger partial charge in [0.2, 0.25) is 0 Å². The van der Waals surface area contributed by atoms with Crippen molar-refractivity contribution in [2.24, 2.45) is 0 Å². The molecule has 0 unspecified atom stereocenters. The first-order valence-electron chi connectivity index (χ1n) is 7.51. The number of amides is 1. The number of ether oxygens (including phenoxy) is 1. The van der Waals surface area contributed by atoms with Crippen LogP contribution in [0.5, 0.6) is 5.75 Å². The average Bonchev–Trinajstić information content (AvgIpc) is 2.62. The summed E-state index contributed by atoms with van der Waals surface area (Å²) in [5.74, 6) is 0.127. The summed E-state index contributed by atoms with van der Waals surface area (Å²) in [6, 6.07) is 17.2. The molecular weight excluding hydrogens is 340 g/mol. The summed E-state index contributed by atoms with van der Waals surface area (Å²) in [6.07, 6.45) is 0. The summed E-state index contributed by atoms with van der Waals surface area (Å²) in [5, 5.41) is 3.30. The molecule has 5 nitrogen and oxygen atoms in total. The first kappa shape index (κ1) is 16.8. The number of halogens is 1. The predicted octanol–water partition coefficient (Wildman–Crippen LogP) is 3.96. The first-order chi connectivity index (χ1) is 12.1. The highest BCUT2D eigenvalue weighted by Gasteiger charge is 2.12. The first-order valence-corrected chi connectivity index (χ1v) is 7.89. The van der Waals surface area contributed by atoms with Gasteiger partial charge in [0, 0.05) is 22.5 Å². The third-order valence-electron chi connectivity index (χ3n) is 3.64. The minimum Gasteiger partial charge on any atom is -0.497 e. The van der Waals surface area contributed by atoms with Gasteiger partial charge in [-0.3, -0.25) is 9.59 Å². The molecule has 0 spiro atoms. The monoisotopic (exact) mass is 354 g/mol. The molecule has 0 saturated heterocycles. The number of nitrogens with one attached hydrogen (secondary N) is 2. The van der Waals surface area contributed by atoms with Crippen LogP contribution in [0.3, 0.4) is 0 Å². The topological polar surface area (TPSA) is 71.2 Å². The standard InChI is InChI=1S/C19H15ClN2O3/c1-25-15-4-2-3-14(11-15)21-18(23)16-9-10-17(22-19(16)24)12-5-7-13(20)8-6-12/h2-11H,1H3,(H,21,23)(H,22,24). The summed E-state index contributed by atoms with van der Waals surface area (Å²) < 4.78 is 5.11. The number of H-pyrrole nitrogens is 1. The van der Waals surface area contributed by atoms with Crippen LogP contribution in [0.1, 0.15) is 10.4 Å². The van der Waals surface area contributed by atoms with Crippen molar-refractivity contribution in [3.05, 3.63) is 81.6 Å². The van der Waals surface area contributed by atoms with Crippen molar-refractivity contribution in [1.29, 1.82) is 0 Å².